The molecule has 0 N–H and O–H groups in total. The zero-order valence-corrected chi connectivity index (χ0v) is 19.4. The number of hydrogen-bond acceptors (Lipinski definition) is 5. The molecule has 35 heavy (non-hydrogen) atoms. The van der Waals surface area contributed by atoms with Gasteiger partial charge in [-0.15, -0.1) is 0 Å². The summed E-state index contributed by atoms with van der Waals surface area (Å²) in [6.45, 7) is 7.57. The molecule has 3 aromatic carbocycles. The Balaban J connectivity index is 1.91. The second-order valence-electron chi connectivity index (χ2n) is 7.47. The second-order valence-corrected chi connectivity index (χ2v) is 9.01. The summed E-state index contributed by atoms with van der Waals surface area (Å²) in [5, 5.41) is 9.68. The van der Waals surface area contributed by atoms with Crippen LogP contribution in [0.4, 0.5) is 18.9 Å². The third kappa shape index (κ3) is 5.62. The largest absolute Gasteiger partial charge is 0.534 e. The Morgan fingerprint density at radius 3 is 1.83 bits per heavy atom. The van der Waals surface area contributed by atoms with Crippen molar-refractivity contribution >= 4 is 27.1 Å². The van der Waals surface area contributed by atoms with Crippen LogP contribution in [0.3, 0.4) is 0 Å². The molecule has 0 bridgehead atoms. The second kappa shape index (κ2) is 9.92. The Morgan fingerprint density at radius 2 is 1.40 bits per heavy atom. The molecule has 0 saturated carbocycles. The van der Waals surface area contributed by atoms with Gasteiger partial charge < -0.3 is 9.08 Å². The SMILES string of the molecule is [C-]#[N+]/C(=C(/C#N)c1ccc(OS(=O)(=O)C(F)(F)F)cc1)c1ccc(-c2ccc(N(C)C)cc2)cc1. The van der Waals surface area contributed by atoms with Crippen molar-refractivity contribution in [2.45, 2.75) is 5.51 Å². The zero-order valence-electron chi connectivity index (χ0n) is 18.5. The van der Waals surface area contributed by atoms with Gasteiger partial charge in [0.1, 0.15) is 5.75 Å². The van der Waals surface area contributed by atoms with Crippen LogP contribution in [0.15, 0.2) is 72.8 Å². The molecule has 3 rings (SSSR count). The van der Waals surface area contributed by atoms with E-state index in [1.54, 1.807) is 12.1 Å². The van der Waals surface area contributed by atoms with Gasteiger partial charge in [-0.2, -0.15) is 26.9 Å². The van der Waals surface area contributed by atoms with Crippen molar-refractivity contribution in [3.63, 3.8) is 0 Å². The van der Waals surface area contributed by atoms with Gasteiger partial charge in [-0.25, -0.2) is 4.85 Å². The molecule has 0 atom stereocenters. The summed E-state index contributed by atoms with van der Waals surface area (Å²) in [5.74, 6) is -0.572. The summed E-state index contributed by atoms with van der Waals surface area (Å²) in [7, 11) is -1.93. The molecule has 0 amide bonds. The molecule has 3 aromatic rings. The topological polar surface area (TPSA) is 74.8 Å². The van der Waals surface area contributed by atoms with Crippen molar-refractivity contribution in [3.05, 3.63) is 95.3 Å². The number of benzene rings is 3. The fourth-order valence-electron chi connectivity index (χ4n) is 3.14. The lowest BCUT2D eigenvalue weighted by Crippen LogP contribution is -2.28. The van der Waals surface area contributed by atoms with Crippen molar-refractivity contribution in [1.29, 1.82) is 5.26 Å². The predicted molar refractivity (Wildman–Crippen MR) is 127 cm³/mol. The summed E-state index contributed by atoms with van der Waals surface area (Å²) in [6, 6.07) is 21.3. The van der Waals surface area contributed by atoms with Gasteiger partial charge in [0.25, 0.3) is 0 Å². The molecule has 0 fully saturated rings. The summed E-state index contributed by atoms with van der Waals surface area (Å²) in [6.07, 6.45) is 0. The molecule has 0 aliphatic rings. The summed E-state index contributed by atoms with van der Waals surface area (Å²) in [5.41, 5.74) is -1.92. The number of halogens is 3. The first kappa shape index (κ1) is 25.3. The molecule has 0 aliphatic heterocycles. The van der Waals surface area contributed by atoms with E-state index >= 15 is 0 Å². The molecule has 0 heterocycles. The Hall–Kier alpha value is -4.28. The van der Waals surface area contributed by atoms with Crippen LogP contribution in [0.5, 0.6) is 5.75 Å². The van der Waals surface area contributed by atoms with Crippen LogP contribution in [0.2, 0.25) is 0 Å². The fraction of sp³-hybridized carbons (Fsp3) is 0.120. The van der Waals surface area contributed by atoms with E-state index in [1.807, 2.05) is 61.5 Å². The van der Waals surface area contributed by atoms with Gasteiger partial charge in [0.15, 0.2) is 0 Å². The maximum Gasteiger partial charge on any atom is 0.534 e. The number of allylic oxidation sites excluding steroid dienone is 1. The molecule has 0 aromatic heterocycles. The van der Waals surface area contributed by atoms with E-state index in [4.69, 9.17) is 6.57 Å². The molecular weight excluding hydrogens is 479 g/mol. The Morgan fingerprint density at radius 1 is 0.914 bits per heavy atom. The number of rotatable bonds is 6. The monoisotopic (exact) mass is 497 g/mol. The van der Waals surface area contributed by atoms with E-state index in [9.17, 15) is 26.9 Å². The van der Waals surface area contributed by atoms with E-state index in [2.05, 4.69) is 9.03 Å². The van der Waals surface area contributed by atoms with Gasteiger partial charge in [0.05, 0.1) is 18.2 Å². The van der Waals surface area contributed by atoms with Crippen LogP contribution in [0.1, 0.15) is 11.1 Å². The molecule has 178 valence electrons. The summed E-state index contributed by atoms with van der Waals surface area (Å²) in [4.78, 5) is 5.46. The van der Waals surface area contributed by atoms with Crippen LogP contribution >= 0.6 is 0 Å². The van der Waals surface area contributed by atoms with Gasteiger partial charge in [-0.1, -0.05) is 48.5 Å². The first-order valence-electron chi connectivity index (χ1n) is 9.98. The van der Waals surface area contributed by atoms with Gasteiger partial charge >= 0.3 is 15.6 Å². The molecule has 0 aliphatic carbocycles. The molecule has 6 nitrogen and oxygen atoms in total. The first-order chi connectivity index (χ1) is 16.5. The Labute approximate surface area is 201 Å². The van der Waals surface area contributed by atoms with Crippen LogP contribution in [-0.4, -0.2) is 28.0 Å². The van der Waals surface area contributed by atoms with Crippen molar-refractivity contribution in [2.24, 2.45) is 0 Å². The van der Waals surface area contributed by atoms with Crippen LogP contribution < -0.4 is 9.08 Å². The van der Waals surface area contributed by atoms with Crippen LogP contribution in [0, 0.1) is 17.9 Å². The number of alkyl halides is 3. The highest BCUT2D eigenvalue weighted by molar-refractivity contribution is 7.88. The summed E-state index contributed by atoms with van der Waals surface area (Å²) >= 11 is 0. The van der Waals surface area contributed by atoms with Crippen molar-refractivity contribution in [2.75, 3.05) is 19.0 Å². The van der Waals surface area contributed by atoms with E-state index < -0.39 is 21.4 Å². The molecule has 0 unspecified atom stereocenters. The predicted octanol–water partition coefficient (Wildman–Crippen LogP) is 5.96. The number of anilines is 1. The molecule has 0 spiro atoms. The Bertz CT molecular complexity index is 1430. The lowest BCUT2D eigenvalue weighted by Gasteiger charge is -2.13. The number of nitrogens with zero attached hydrogens (tertiary/aromatic N) is 3. The van der Waals surface area contributed by atoms with Crippen molar-refractivity contribution in [3.8, 4) is 22.9 Å². The van der Waals surface area contributed by atoms with Gasteiger partial charge in [-0.3, -0.25) is 0 Å². The summed E-state index contributed by atoms with van der Waals surface area (Å²) < 4.78 is 63.9. The van der Waals surface area contributed by atoms with E-state index in [1.165, 1.54) is 12.1 Å². The minimum absolute atomic E-state index is 0.0201. The average molecular weight is 497 g/mol. The molecular formula is C25H18F3N3O3S. The van der Waals surface area contributed by atoms with Crippen LogP contribution in [-0.2, 0) is 10.1 Å². The third-order valence-corrected chi connectivity index (χ3v) is 5.95. The highest BCUT2D eigenvalue weighted by Crippen LogP contribution is 2.32. The maximum absolute atomic E-state index is 12.5. The van der Waals surface area contributed by atoms with Crippen molar-refractivity contribution in [1.82, 2.24) is 0 Å². The third-order valence-electron chi connectivity index (χ3n) is 4.97. The van der Waals surface area contributed by atoms with E-state index in [-0.39, 0.29) is 16.8 Å². The van der Waals surface area contributed by atoms with Gasteiger partial charge in [0.2, 0.25) is 5.70 Å². The Kier molecular flexibility index (Phi) is 7.18. The minimum Gasteiger partial charge on any atom is -0.378 e. The quantitative estimate of drug-likeness (QED) is 0.138. The van der Waals surface area contributed by atoms with Gasteiger partial charge in [-0.05, 0) is 46.5 Å². The normalized spacial score (nSPS) is 12.2. The first-order valence-corrected chi connectivity index (χ1v) is 11.4. The number of hydrogen-bond donors (Lipinski definition) is 0. The minimum atomic E-state index is -5.82. The molecule has 0 saturated heterocycles. The standard InChI is InChI=1S/C25H18F3N3O3S/c1-30-24(20-6-4-17(5-7-20)18-8-12-21(13-9-18)31(2)3)23(16-29)19-10-14-22(15-11-19)34-35(32,33)25(26,27)28/h4-15H,2-3H3/b24-23-. The lowest BCUT2D eigenvalue weighted by atomic mass is 9.98. The zero-order chi connectivity index (χ0) is 25.8. The number of nitriles is 1. The van der Waals surface area contributed by atoms with E-state index in [0.29, 0.717) is 5.56 Å². The van der Waals surface area contributed by atoms with Crippen molar-refractivity contribution < 1.29 is 25.8 Å². The average Bonchev–Trinajstić information content (AvgIpc) is 2.82. The maximum atomic E-state index is 12.5. The highest BCUT2D eigenvalue weighted by Gasteiger charge is 2.48. The van der Waals surface area contributed by atoms with E-state index in [0.717, 1.165) is 28.9 Å². The van der Waals surface area contributed by atoms with Crippen LogP contribution in [0.25, 0.3) is 27.2 Å². The highest BCUT2D eigenvalue weighted by atomic mass is 32.2. The molecule has 10 heteroatoms. The lowest BCUT2D eigenvalue weighted by molar-refractivity contribution is -0.0500. The van der Waals surface area contributed by atoms with Gasteiger partial charge in [0, 0.05) is 19.8 Å². The fourth-order valence-corrected chi connectivity index (χ4v) is 3.60. The molecule has 0 radical (unpaired) electrons. The smallest absolute Gasteiger partial charge is 0.378 e.